The fourth-order valence-electron chi connectivity index (χ4n) is 14.8. The van der Waals surface area contributed by atoms with E-state index in [0.717, 1.165) is 32.1 Å². The average molecular weight is 2220 g/mol. The van der Waals surface area contributed by atoms with Gasteiger partial charge in [0.15, 0.2) is 40.2 Å². The molecule has 16 rings (SSSR count). The molecule has 14 aromatic rings. The monoisotopic (exact) mass is 2220 g/mol. The van der Waals surface area contributed by atoms with Gasteiger partial charge < -0.3 is 71.3 Å². The van der Waals surface area contributed by atoms with E-state index in [2.05, 4.69) is 50.8 Å². The molecule has 2 saturated carbocycles. The molecule has 0 saturated heterocycles. The normalized spacial score (nSPS) is 12.5. The van der Waals surface area contributed by atoms with Gasteiger partial charge in [-0.05, 0) is 171 Å². The second kappa shape index (κ2) is 48.7. The van der Waals surface area contributed by atoms with E-state index in [1.54, 1.807) is 58.1 Å². The standard InChI is InChI=1S/C15H17Cl2N3O2.C15H19Cl2N3O2.C13H13Cl2N3O2.2C13H15Cl2N3O2.C12H13Cl2N3O2.C11H11Cl2N3O2/c1-19(2)7-11-18-13-12(9(16)5-10(17)14(13)21)15(22)20(11)6-8-3-4-8;1-8(2)6-20-11(7-19(3)4)18-13-12(15(20)22)9(16)5-10(17)14(13)21;1-16-5-9-17-11-10(7(14)4-8(15)12(11)19)13(20)18(9)6-2-3-6;1-4-18-9(6-17(2)3)16-11-10(13(18)20)7(14)5-8(15)12(11)19;1-3-4-18-9(6-16-2)17-11-10(13(18)20)7(14)5-8(15)12(11)19;1-16(2)5-8-15-10-9(12(19)17(8)3)6(13)4-7(14)11(10)18;1-14-4-7-15-9-8(11(18)16(7)2)5(12)3-6(13)10(9)17/h5,8,21H,3-4,6-7H2,1-2H3;5,8,21H,6-7H2,1-4H3;4,6,16,19H,2-3,5H2,1H3;5,19H,4,6H2,1-3H3;5,16,19H,3-4,6H2,1-2H3;4,18H,5H2,1-3H3;3,14,17H,4H2,1-2H3. The van der Waals surface area contributed by atoms with Crippen LogP contribution in [0.5, 0.6) is 40.2 Å². The van der Waals surface area contributed by atoms with Crippen molar-refractivity contribution >= 4 is 239 Å². The number of phenolic OH excluding ortho intramolecular Hbond substituents is 7. The quantitative estimate of drug-likeness (QED) is 0.0301. The lowest BCUT2D eigenvalue weighted by Crippen LogP contribution is -2.30. The highest BCUT2D eigenvalue weighted by Gasteiger charge is 2.32. The molecule has 0 bridgehead atoms. The predicted molar refractivity (Wildman–Crippen MR) is 565 cm³/mol. The van der Waals surface area contributed by atoms with Crippen LogP contribution in [-0.4, -0.2) is 200 Å². The van der Waals surface area contributed by atoms with Crippen molar-refractivity contribution in [2.75, 3.05) is 77.5 Å². The topological polar surface area (TPSA) is 435 Å². The molecule has 10 N–H and O–H groups in total. The molecule has 7 heterocycles. The number of hydrogen-bond donors (Lipinski definition) is 10. The second-order valence-electron chi connectivity index (χ2n) is 34.4. The summed E-state index contributed by atoms with van der Waals surface area (Å²) >= 11 is 83.7. The summed E-state index contributed by atoms with van der Waals surface area (Å²) in [6.07, 6.45) is 4.97. The van der Waals surface area contributed by atoms with E-state index in [0.29, 0.717) is 119 Å². The first-order valence-corrected chi connectivity index (χ1v) is 48.8. The average Bonchev–Trinajstić information content (AvgIpc) is 1.72. The maximum absolute atomic E-state index is 12.8. The van der Waals surface area contributed by atoms with Gasteiger partial charge in [-0.2, -0.15) is 0 Å². The van der Waals surface area contributed by atoms with Crippen molar-refractivity contribution in [3.05, 3.63) is 226 Å². The van der Waals surface area contributed by atoms with Crippen LogP contribution in [0.1, 0.15) is 107 Å². The third-order valence-electron chi connectivity index (χ3n) is 21.7. The van der Waals surface area contributed by atoms with Crippen molar-refractivity contribution in [2.45, 2.75) is 138 Å². The van der Waals surface area contributed by atoms with E-state index in [9.17, 15) is 69.3 Å². The van der Waals surface area contributed by atoms with Gasteiger partial charge in [-0.3, -0.25) is 65.5 Å². The number of nitrogens with zero attached hydrogens (tertiary/aromatic N) is 18. The minimum absolute atomic E-state index is 0.0728. The largest absolute Gasteiger partial charge is 0.504 e. The van der Waals surface area contributed by atoms with Crippen molar-refractivity contribution in [1.82, 2.24) is 102 Å². The molecule has 0 atom stereocenters. The molecule has 0 unspecified atom stereocenters. The zero-order chi connectivity index (χ0) is 105. The summed E-state index contributed by atoms with van der Waals surface area (Å²) in [5.41, 5.74) is -0.817. The number of phenols is 7. The first-order valence-electron chi connectivity index (χ1n) is 43.5. The first kappa shape index (κ1) is 114. The van der Waals surface area contributed by atoms with Crippen LogP contribution in [0.3, 0.4) is 0 Å². The Hall–Kier alpha value is -9.10. The Balaban J connectivity index is 0.000000169. The van der Waals surface area contributed by atoms with Crippen LogP contribution in [0.4, 0.5) is 0 Å². The summed E-state index contributed by atoms with van der Waals surface area (Å²) in [6, 6.07) is 9.70. The Labute approximate surface area is 877 Å². The number of halogens is 14. The Morgan fingerprint density at radius 2 is 0.574 bits per heavy atom. The lowest BCUT2D eigenvalue weighted by atomic mass is 10.2. The fraction of sp³-hybridized carbons (Fsp3) is 0.391. The van der Waals surface area contributed by atoms with Gasteiger partial charge >= 0.3 is 0 Å². The molecule has 0 aliphatic heterocycles. The third-order valence-corrected chi connectivity index (χ3v) is 25.8. The van der Waals surface area contributed by atoms with Crippen LogP contribution in [0.15, 0.2) is 76.0 Å². The maximum atomic E-state index is 12.8. The minimum Gasteiger partial charge on any atom is -0.504 e. The molecule has 49 heteroatoms. The molecule has 7 aromatic heterocycles. The van der Waals surface area contributed by atoms with Gasteiger partial charge in [0.2, 0.25) is 0 Å². The zero-order valence-electron chi connectivity index (χ0n) is 79.4. The smallest absolute Gasteiger partial charge is 0.263 e. The van der Waals surface area contributed by atoms with Gasteiger partial charge in [0, 0.05) is 46.3 Å². The van der Waals surface area contributed by atoms with Gasteiger partial charge in [-0.25, -0.2) is 34.9 Å². The minimum atomic E-state index is -0.317. The highest BCUT2D eigenvalue weighted by Crippen LogP contribution is 2.44. The Bertz CT molecular complexity index is 7520. The van der Waals surface area contributed by atoms with Gasteiger partial charge in [-0.15, -0.1) is 0 Å². The van der Waals surface area contributed by atoms with E-state index < -0.39 is 0 Å². The van der Waals surface area contributed by atoms with Crippen LogP contribution in [-0.2, 0) is 86.1 Å². The molecule has 0 radical (unpaired) electrons. The summed E-state index contributed by atoms with van der Waals surface area (Å²) < 4.78 is 10.9. The number of fused-ring (bicyclic) bond motifs is 7. The molecule has 758 valence electrons. The Morgan fingerprint density at radius 3 is 0.879 bits per heavy atom. The SMILES string of the molecule is CC(C)Cn1c(CN(C)C)nc2c(O)c(Cl)cc(Cl)c2c1=O.CCCn1c(CNC)nc2c(O)c(Cl)cc(Cl)c2c1=O.CCn1c(CN(C)C)nc2c(O)c(Cl)cc(Cl)c2c1=O.CN(C)Cc1nc2c(O)c(Cl)cc(Cl)c2c(=O)n1C.CN(C)Cc1nc2c(O)c(Cl)cc(Cl)c2c(=O)n1CC1CC1.CNCc1nc2c(O)c(Cl)cc(Cl)c2c(=O)n1C.CNCc1nc2c(O)c(Cl)cc(Cl)c2c(=O)n1C1CC1. The highest BCUT2D eigenvalue weighted by atomic mass is 35.5. The molecule has 7 aromatic carbocycles. The summed E-state index contributed by atoms with van der Waals surface area (Å²) in [4.78, 5) is 126. The van der Waals surface area contributed by atoms with E-state index >= 15 is 0 Å². The Kier molecular flexibility index (Phi) is 39.3. The van der Waals surface area contributed by atoms with Crippen LogP contribution in [0.25, 0.3) is 76.3 Å². The molecule has 2 aliphatic rings. The van der Waals surface area contributed by atoms with E-state index in [-0.39, 0.29) is 238 Å². The predicted octanol–water partition coefficient (Wildman–Crippen LogP) is 17.2. The maximum Gasteiger partial charge on any atom is 0.263 e. The van der Waals surface area contributed by atoms with Crippen molar-refractivity contribution < 1.29 is 35.7 Å². The number of benzene rings is 7. The number of nitrogens with one attached hydrogen (secondary N) is 3. The van der Waals surface area contributed by atoms with E-state index in [4.69, 9.17) is 162 Å². The van der Waals surface area contributed by atoms with Gasteiger partial charge in [-0.1, -0.05) is 183 Å². The number of aromatic nitrogens is 14. The zero-order valence-corrected chi connectivity index (χ0v) is 90.0. The van der Waals surface area contributed by atoms with E-state index in [1.165, 1.54) is 51.6 Å². The first-order chi connectivity index (χ1) is 66.3. The van der Waals surface area contributed by atoms with Gasteiger partial charge in [0.25, 0.3) is 38.9 Å². The number of rotatable bonds is 22. The van der Waals surface area contributed by atoms with Crippen molar-refractivity contribution in [1.29, 1.82) is 0 Å². The van der Waals surface area contributed by atoms with Crippen LogP contribution < -0.4 is 54.9 Å². The van der Waals surface area contributed by atoms with Crippen LogP contribution in [0.2, 0.25) is 70.3 Å². The Morgan fingerprint density at radius 1 is 0.326 bits per heavy atom. The lowest BCUT2D eigenvalue weighted by Gasteiger charge is -2.18. The molecular formula is C92H103Cl14N21O14. The van der Waals surface area contributed by atoms with Crippen molar-refractivity contribution in [2.24, 2.45) is 25.9 Å². The molecule has 141 heavy (non-hydrogen) atoms. The second-order valence-corrected chi connectivity index (χ2v) is 40.1. The molecular weight excluding hydrogens is 2120 g/mol. The molecule has 0 spiro atoms. The van der Waals surface area contributed by atoms with Crippen LogP contribution in [0, 0.1) is 11.8 Å². The van der Waals surface area contributed by atoms with Crippen LogP contribution >= 0.6 is 162 Å². The van der Waals surface area contributed by atoms with Gasteiger partial charge in [0.1, 0.15) is 79.4 Å². The third kappa shape index (κ3) is 25.7. The van der Waals surface area contributed by atoms with Gasteiger partial charge in [0.05, 0.1) is 154 Å². The summed E-state index contributed by atoms with van der Waals surface area (Å²) in [6.45, 7) is 13.2. The van der Waals surface area contributed by atoms with E-state index in [1.807, 2.05) is 104 Å². The molecule has 2 fully saturated rings. The van der Waals surface area contributed by atoms with Crippen molar-refractivity contribution in [3.8, 4) is 40.2 Å². The van der Waals surface area contributed by atoms with Crippen molar-refractivity contribution in [3.63, 3.8) is 0 Å². The summed E-state index contributed by atoms with van der Waals surface area (Å²) in [5, 5.41) is 82.3. The summed E-state index contributed by atoms with van der Waals surface area (Å²) in [7, 11) is 23.6. The number of aromatic hydroxyl groups is 7. The highest BCUT2D eigenvalue weighted by molar-refractivity contribution is 6.44. The molecule has 2 aliphatic carbocycles. The number of hydrogen-bond acceptors (Lipinski definition) is 28. The molecule has 35 nitrogen and oxygen atoms in total. The summed E-state index contributed by atoms with van der Waals surface area (Å²) in [5.74, 6) is 3.18. The lowest BCUT2D eigenvalue weighted by molar-refractivity contribution is 0.367. The fourth-order valence-corrected chi connectivity index (χ4v) is 18.6. The molecule has 0 amide bonds.